The van der Waals surface area contributed by atoms with Crippen LogP contribution in [0.15, 0.2) is 97.3 Å². The highest BCUT2D eigenvalue weighted by Gasteiger charge is 2.13. The molecule has 6 aromatic rings. The molecule has 28 heavy (non-hydrogen) atoms. The van der Waals surface area contributed by atoms with Crippen molar-refractivity contribution in [3.05, 3.63) is 97.3 Å². The molecule has 0 aliphatic carbocycles. The molecule has 0 aliphatic heterocycles. The first kappa shape index (κ1) is 15.3. The van der Waals surface area contributed by atoms with Crippen LogP contribution >= 0.6 is 0 Å². The number of pyridine rings is 2. The number of benzene rings is 4. The van der Waals surface area contributed by atoms with E-state index in [1.54, 1.807) is 0 Å². The molecule has 2 nitrogen and oxygen atoms in total. The van der Waals surface area contributed by atoms with Gasteiger partial charge < -0.3 is 0 Å². The van der Waals surface area contributed by atoms with Crippen LogP contribution in [0.5, 0.6) is 0 Å². The van der Waals surface area contributed by atoms with Crippen LogP contribution in [-0.4, -0.2) is 9.97 Å². The predicted octanol–water partition coefficient (Wildman–Crippen LogP) is 6.76. The maximum atomic E-state index is 4.72. The van der Waals surface area contributed by atoms with E-state index in [-0.39, 0.29) is 0 Å². The van der Waals surface area contributed by atoms with Gasteiger partial charge in [-0.05, 0) is 34.0 Å². The van der Waals surface area contributed by atoms with Crippen molar-refractivity contribution < 1.29 is 0 Å². The number of rotatable bonds is 1. The van der Waals surface area contributed by atoms with E-state index < -0.39 is 0 Å². The fraction of sp³-hybridized carbons (Fsp3) is 0. The summed E-state index contributed by atoms with van der Waals surface area (Å²) in [6.07, 6.45) is 3.75. The largest absolute Gasteiger partial charge is 0.256 e. The first-order chi connectivity index (χ1) is 13.9. The summed E-state index contributed by atoms with van der Waals surface area (Å²) in [5.74, 6) is 0. The second-order valence-electron chi connectivity index (χ2n) is 7.09. The summed E-state index contributed by atoms with van der Waals surface area (Å²) in [7, 11) is 0. The van der Waals surface area contributed by atoms with Crippen LogP contribution in [0.25, 0.3) is 54.5 Å². The number of aromatic nitrogens is 2. The molecule has 2 heterocycles. The Morgan fingerprint density at radius 3 is 1.32 bits per heavy atom. The Bertz CT molecular complexity index is 1400. The van der Waals surface area contributed by atoms with Gasteiger partial charge in [0.2, 0.25) is 0 Å². The van der Waals surface area contributed by atoms with Gasteiger partial charge in [0.05, 0.1) is 11.0 Å². The lowest BCUT2D eigenvalue weighted by atomic mass is 9.91. The summed E-state index contributed by atoms with van der Waals surface area (Å²) < 4.78 is 0. The van der Waals surface area contributed by atoms with E-state index in [1.165, 1.54) is 32.7 Å². The fourth-order valence-electron chi connectivity index (χ4n) is 4.28. The Balaban J connectivity index is 1.84. The minimum absolute atomic E-state index is 1.04. The summed E-state index contributed by atoms with van der Waals surface area (Å²) in [5.41, 5.74) is 4.48. The van der Waals surface area contributed by atoms with Gasteiger partial charge in [-0.15, -0.1) is 0 Å². The lowest BCUT2D eigenvalue weighted by Gasteiger charge is -2.13. The van der Waals surface area contributed by atoms with Gasteiger partial charge in [0.15, 0.2) is 0 Å². The van der Waals surface area contributed by atoms with Crippen LogP contribution in [-0.2, 0) is 0 Å². The Morgan fingerprint density at radius 2 is 0.821 bits per heavy atom. The highest BCUT2D eigenvalue weighted by atomic mass is 14.7. The van der Waals surface area contributed by atoms with Crippen molar-refractivity contribution in [1.82, 2.24) is 9.97 Å². The molecule has 0 radical (unpaired) electrons. The van der Waals surface area contributed by atoms with Gasteiger partial charge in [0.25, 0.3) is 0 Å². The minimum Gasteiger partial charge on any atom is -0.256 e. The van der Waals surface area contributed by atoms with Gasteiger partial charge in [-0.2, -0.15) is 0 Å². The third-order valence-electron chi connectivity index (χ3n) is 5.52. The minimum atomic E-state index is 1.04. The molecule has 0 saturated heterocycles. The molecular weight excluding hydrogens is 340 g/mol. The highest BCUT2D eigenvalue weighted by molar-refractivity contribution is 6.19. The number of nitrogens with zero attached hydrogens (tertiary/aromatic N) is 2. The molecule has 0 unspecified atom stereocenters. The third-order valence-corrected chi connectivity index (χ3v) is 5.52. The smallest absolute Gasteiger partial charge is 0.0786 e. The van der Waals surface area contributed by atoms with E-state index >= 15 is 0 Å². The van der Waals surface area contributed by atoms with E-state index in [2.05, 4.69) is 72.8 Å². The average molecular weight is 356 g/mol. The summed E-state index contributed by atoms with van der Waals surface area (Å²) >= 11 is 0. The van der Waals surface area contributed by atoms with E-state index in [4.69, 9.17) is 9.97 Å². The lowest BCUT2D eigenvalue weighted by Crippen LogP contribution is -1.89. The Kier molecular flexibility index (Phi) is 3.20. The SMILES string of the molecule is c1cnc2c(c1)ccc1cccc(-c3cccc4ccc5cccnc5c34)c12. The zero-order valence-corrected chi connectivity index (χ0v) is 15.1. The highest BCUT2D eigenvalue weighted by Crippen LogP contribution is 2.38. The maximum Gasteiger partial charge on any atom is 0.0786 e. The molecule has 0 atom stereocenters. The Labute approximate surface area is 162 Å². The maximum absolute atomic E-state index is 4.72. The Morgan fingerprint density at radius 1 is 0.393 bits per heavy atom. The molecule has 0 saturated carbocycles. The summed E-state index contributed by atoms with van der Waals surface area (Å²) in [5, 5.41) is 7.11. The summed E-state index contributed by atoms with van der Waals surface area (Å²) in [4.78, 5) is 9.44. The van der Waals surface area contributed by atoms with Gasteiger partial charge >= 0.3 is 0 Å². The second kappa shape index (κ2) is 5.86. The zero-order valence-electron chi connectivity index (χ0n) is 15.1. The van der Waals surface area contributed by atoms with Crippen LogP contribution in [0.3, 0.4) is 0 Å². The molecule has 0 fully saturated rings. The standard InChI is InChI=1S/C26H16N2/c1-5-17-11-13-19-7-3-15-27-25(19)23(17)21(9-1)22-10-2-6-18-12-14-20-8-4-16-28-26(20)24(18)22/h1-16H. The molecule has 2 aromatic heterocycles. The molecule has 4 aromatic carbocycles. The zero-order chi connectivity index (χ0) is 18.5. The first-order valence-corrected chi connectivity index (χ1v) is 9.43. The lowest BCUT2D eigenvalue weighted by molar-refractivity contribution is 1.42. The number of hydrogen-bond acceptors (Lipinski definition) is 2. The molecule has 0 bridgehead atoms. The average Bonchev–Trinajstić information content (AvgIpc) is 2.78. The van der Waals surface area contributed by atoms with Crippen LogP contribution in [0, 0.1) is 0 Å². The molecule has 0 amide bonds. The van der Waals surface area contributed by atoms with Crippen LogP contribution in [0.1, 0.15) is 0 Å². The molecule has 2 heteroatoms. The van der Waals surface area contributed by atoms with Crippen LogP contribution in [0.4, 0.5) is 0 Å². The molecule has 6 rings (SSSR count). The number of fused-ring (bicyclic) bond motifs is 6. The number of hydrogen-bond donors (Lipinski definition) is 0. The Hall–Kier alpha value is -3.78. The van der Waals surface area contributed by atoms with Gasteiger partial charge in [0.1, 0.15) is 0 Å². The predicted molar refractivity (Wildman–Crippen MR) is 117 cm³/mol. The van der Waals surface area contributed by atoms with Gasteiger partial charge in [-0.25, -0.2) is 0 Å². The van der Waals surface area contributed by atoms with Crippen molar-refractivity contribution in [3.63, 3.8) is 0 Å². The monoisotopic (exact) mass is 356 g/mol. The van der Waals surface area contributed by atoms with E-state index in [1.807, 2.05) is 24.5 Å². The molecule has 0 aliphatic rings. The molecule has 0 spiro atoms. The molecular formula is C26H16N2. The van der Waals surface area contributed by atoms with Crippen molar-refractivity contribution >= 4 is 43.4 Å². The summed E-state index contributed by atoms with van der Waals surface area (Å²) in [6, 6.07) is 29.9. The quantitative estimate of drug-likeness (QED) is 0.304. The van der Waals surface area contributed by atoms with E-state index in [0.29, 0.717) is 0 Å². The van der Waals surface area contributed by atoms with E-state index in [9.17, 15) is 0 Å². The first-order valence-electron chi connectivity index (χ1n) is 9.43. The summed E-state index contributed by atoms with van der Waals surface area (Å²) in [6.45, 7) is 0. The van der Waals surface area contributed by atoms with Gasteiger partial charge in [-0.3, -0.25) is 9.97 Å². The van der Waals surface area contributed by atoms with Crippen molar-refractivity contribution in [1.29, 1.82) is 0 Å². The second-order valence-corrected chi connectivity index (χ2v) is 7.09. The molecule has 0 N–H and O–H groups in total. The van der Waals surface area contributed by atoms with Gasteiger partial charge in [-0.1, -0.05) is 72.8 Å². The van der Waals surface area contributed by atoms with Crippen LogP contribution in [0.2, 0.25) is 0 Å². The van der Waals surface area contributed by atoms with E-state index in [0.717, 1.165) is 21.8 Å². The van der Waals surface area contributed by atoms with Crippen molar-refractivity contribution in [2.24, 2.45) is 0 Å². The van der Waals surface area contributed by atoms with Crippen molar-refractivity contribution in [2.45, 2.75) is 0 Å². The van der Waals surface area contributed by atoms with Gasteiger partial charge in [0, 0.05) is 33.9 Å². The van der Waals surface area contributed by atoms with Crippen LogP contribution < -0.4 is 0 Å². The van der Waals surface area contributed by atoms with Crippen molar-refractivity contribution in [2.75, 3.05) is 0 Å². The molecule has 130 valence electrons. The third kappa shape index (κ3) is 2.15. The fourth-order valence-corrected chi connectivity index (χ4v) is 4.28. The normalized spacial score (nSPS) is 11.6. The van der Waals surface area contributed by atoms with Crippen molar-refractivity contribution in [3.8, 4) is 11.1 Å². The topological polar surface area (TPSA) is 25.8 Å².